The summed E-state index contributed by atoms with van der Waals surface area (Å²) in [6.07, 6.45) is 6.87. The van der Waals surface area contributed by atoms with Crippen LogP contribution in [0.25, 0.3) is 0 Å². The molecule has 0 unspecified atom stereocenters. The van der Waals surface area contributed by atoms with Gasteiger partial charge >= 0.3 is 0 Å². The normalized spacial score (nSPS) is 21.2. The lowest BCUT2D eigenvalue weighted by atomic mass is 9.99. The van der Waals surface area contributed by atoms with Crippen molar-refractivity contribution in [3.05, 3.63) is 47.7 Å². The summed E-state index contributed by atoms with van der Waals surface area (Å²) in [6.45, 7) is 0. The smallest absolute Gasteiger partial charge is 0.122 e. The van der Waals surface area contributed by atoms with Gasteiger partial charge in [-0.2, -0.15) is 0 Å². The fourth-order valence-corrected chi connectivity index (χ4v) is 0.984. The van der Waals surface area contributed by atoms with Gasteiger partial charge in [0.15, 0.2) is 0 Å². The molecular formula is C9H10O3. The van der Waals surface area contributed by atoms with E-state index in [9.17, 15) is 0 Å². The maximum Gasteiger partial charge on any atom is 0.122 e. The number of aliphatic hydroxyl groups is 3. The number of allylic oxidation sites excluding steroid dienone is 5. The molecule has 0 aromatic rings. The minimum Gasteiger partial charge on any atom is -0.516 e. The third-order valence-corrected chi connectivity index (χ3v) is 1.62. The average molecular weight is 166 g/mol. The zero-order valence-corrected chi connectivity index (χ0v) is 6.44. The highest BCUT2D eigenvalue weighted by atomic mass is 16.3. The lowest BCUT2D eigenvalue weighted by molar-refractivity contribution is 0.403. The molecule has 0 bridgehead atoms. The van der Waals surface area contributed by atoms with Crippen LogP contribution < -0.4 is 0 Å². The van der Waals surface area contributed by atoms with E-state index >= 15 is 0 Å². The monoisotopic (exact) mass is 166 g/mol. The molecule has 0 radical (unpaired) electrons. The zero-order chi connectivity index (χ0) is 8.97. The molecule has 12 heavy (non-hydrogen) atoms. The Bertz CT molecular complexity index is 282. The van der Waals surface area contributed by atoms with Gasteiger partial charge in [0, 0.05) is 12.0 Å². The van der Waals surface area contributed by atoms with Gasteiger partial charge < -0.3 is 15.3 Å². The maximum absolute atomic E-state index is 9.16. The summed E-state index contributed by atoms with van der Waals surface area (Å²) in [7, 11) is 0. The maximum atomic E-state index is 9.16. The van der Waals surface area contributed by atoms with Crippen molar-refractivity contribution in [3.8, 4) is 0 Å². The SMILES string of the molecule is OC=CC1=CC=C(O)C(=CO)C1. The van der Waals surface area contributed by atoms with E-state index in [4.69, 9.17) is 15.3 Å². The van der Waals surface area contributed by atoms with Gasteiger partial charge in [-0.05, 0) is 17.7 Å². The van der Waals surface area contributed by atoms with E-state index in [0.29, 0.717) is 12.0 Å². The number of hydrogen-bond acceptors (Lipinski definition) is 3. The Balaban J connectivity index is 2.87. The fourth-order valence-electron chi connectivity index (χ4n) is 0.984. The second-order valence-electron chi connectivity index (χ2n) is 2.44. The van der Waals surface area contributed by atoms with E-state index in [-0.39, 0.29) is 5.76 Å². The molecule has 0 saturated carbocycles. The molecule has 1 aliphatic carbocycles. The molecule has 0 saturated heterocycles. The van der Waals surface area contributed by atoms with Gasteiger partial charge in [-0.1, -0.05) is 6.08 Å². The third-order valence-electron chi connectivity index (χ3n) is 1.62. The van der Waals surface area contributed by atoms with Crippen LogP contribution in [-0.2, 0) is 0 Å². The highest BCUT2D eigenvalue weighted by Gasteiger charge is 2.09. The first kappa shape index (κ1) is 8.46. The van der Waals surface area contributed by atoms with Crippen LogP contribution in [0.5, 0.6) is 0 Å². The van der Waals surface area contributed by atoms with E-state index in [0.717, 1.165) is 18.1 Å². The minimum atomic E-state index is 0.0626. The first-order valence-electron chi connectivity index (χ1n) is 3.52. The summed E-state index contributed by atoms with van der Waals surface area (Å²) < 4.78 is 0. The van der Waals surface area contributed by atoms with Gasteiger partial charge in [-0.3, -0.25) is 0 Å². The van der Waals surface area contributed by atoms with Crippen molar-refractivity contribution in [1.29, 1.82) is 0 Å². The molecular weight excluding hydrogens is 156 g/mol. The molecule has 0 aliphatic heterocycles. The van der Waals surface area contributed by atoms with Gasteiger partial charge in [0.2, 0.25) is 0 Å². The lowest BCUT2D eigenvalue weighted by Gasteiger charge is -2.09. The first-order valence-corrected chi connectivity index (χ1v) is 3.52. The van der Waals surface area contributed by atoms with Crippen LogP contribution in [0.15, 0.2) is 47.7 Å². The van der Waals surface area contributed by atoms with Crippen molar-refractivity contribution in [2.75, 3.05) is 0 Å². The molecule has 64 valence electrons. The van der Waals surface area contributed by atoms with Crippen molar-refractivity contribution in [2.24, 2.45) is 0 Å². The van der Waals surface area contributed by atoms with Gasteiger partial charge in [-0.25, -0.2) is 0 Å². The number of aliphatic hydroxyl groups excluding tert-OH is 3. The summed E-state index contributed by atoms with van der Waals surface area (Å²) in [5, 5.41) is 26.3. The molecule has 3 N–H and O–H groups in total. The Morgan fingerprint density at radius 2 is 2.00 bits per heavy atom. The van der Waals surface area contributed by atoms with Crippen LogP contribution in [0.4, 0.5) is 0 Å². The van der Waals surface area contributed by atoms with Crippen LogP contribution in [0, 0.1) is 0 Å². The Morgan fingerprint density at radius 1 is 1.25 bits per heavy atom. The van der Waals surface area contributed by atoms with Gasteiger partial charge in [0.05, 0.1) is 12.5 Å². The molecule has 0 amide bonds. The molecule has 0 atom stereocenters. The fraction of sp³-hybridized carbons (Fsp3) is 0.111. The predicted octanol–water partition coefficient (Wildman–Crippen LogP) is 2.27. The highest BCUT2D eigenvalue weighted by Crippen LogP contribution is 2.22. The number of hydrogen-bond donors (Lipinski definition) is 3. The van der Waals surface area contributed by atoms with E-state index in [1.54, 1.807) is 6.08 Å². The average Bonchev–Trinajstić information content (AvgIpc) is 2.09. The standard InChI is InChI=1S/C9H10O3/c10-4-3-7-1-2-9(12)8(5-7)6-11/h1-4,6,10-12H,5H2. The Kier molecular flexibility index (Phi) is 2.58. The van der Waals surface area contributed by atoms with Crippen molar-refractivity contribution >= 4 is 0 Å². The van der Waals surface area contributed by atoms with Crippen molar-refractivity contribution in [2.45, 2.75) is 6.42 Å². The molecule has 3 nitrogen and oxygen atoms in total. The van der Waals surface area contributed by atoms with E-state index in [1.807, 2.05) is 0 Å². The molecule has 0 aromatic carbocycles. The Labute approximate surface area is 70.3 Å². The first-order chi connectivity index (χ1) is 5.77. The van der Waals surface area contributed by atoms with Crippen LogP contribution in [0.3, 0.4) is 0 Å². The Hall–Kier alpha value is -1.64. The van der Waals surface area contributed by atoms with E-state index in [1.165, 1.54) is 12.2 Å². The van der Waals surface area contributed by atoms with Gasteiger partial charge in [0.1, 0.15) is 5.76 Å². The van der Waals surface area contributed by atoms with E-state index < -0.39 is 0 Å². The topological polar surface area (TPSA) is 60.7 Å². The lowest BCUT2D eigenvalue weighted by Crippen LogP contribution is -1.95. The van der Waals surface area contributed by atoms with Crippen LogP contribution in [0.2, 0.25) is 0 Å². The quantitative estimate of drug-likeness (QED) is 0.523. The molecule has 0 heterocycles. The minimum absolute atomic E-state index is 0.0626. The summed E-state index contributed by atoms with van der Waals surface area (Å²) in [5.74, 6) is 0.0626. The van der Waals surface area contributed by atoms with Gasteiger partial charge in [-0.15, -0.1) is 0 Å². The van der Waals surface area contributed by atoms with Crippen molar-refractivity contribution in [3.63, 3.8) is 0 Å². The summed E-state index contributed by atoms with van der Waals surface area (Å²) in [5.41, 5.74) is 1.28. The molecule has 1 rings (SSSR count). The van der Waals surface area contributed by atoms with Crippen LogP contribution in [0.1, 0.15) is 6.42 Å². The van der Waals surface area contributed by atoms with Crippen molar-refractivity contribution in [1.82, 2.24) is 0 Å². The van der Waals surface area contributed by atoms with Crippen LogP contribution in [-0.4, -0.2) is 15.3 Å². The van der Waals surface area contributed by atoms with E-state index in [2.05, 4.69) is 0 Å². The zero-order valence-electron chi connectivity index (χ0n) is 6.44. The summed E-state index contributed by atoms with van der Waals surface area (Å²) in [6, 6.07) is 0. The molecule has 0 aromatic heterocycles. The van der Waals surface area contributed by atoms with Crippen LogP contribution >= 0.6 is 0 Å². The summed E-state index contributed by atoms with van der Waals surface area (Å²) in [4.78, 5) is 0. The molecule has 0 fully saturated rings. The second kappa shape index (κ2) is 3.67. The molecule has 3 heteroatoms. The Morgan fingerprint density at radius 3 is 2.58 bits per heavy atom. The van der Waals surface area contributed by atoms with Crippen molar-refractivity contribution < 1.29 is 15.3 Å². The highest BCUT2D eigenvalue weighted by molar-refractivity contribution is 5.41. The number of rotatable bonds is 1. The largest absolute Gasteiger partial charge is 0.516 e. The summed E-state index contributed by atoms with van der Waals surface area (Å²) >= 11 is 0. The predicted molar refractivity (Wildman–Crippen MR) is 45.9 cm³/mol. The molecule has 1 aliphatic rings. The third kappa shape index (κ3) is 1.69. The molecule has 0 spiro atoms. The van der Waals surface area contributed by atoms with Gasteiger partial charge in [0.25, 0.3) is 0 Å². The second-order valence-corrected chi connectivity index (χ2v) is 2.44.